The molecule has 4 heteroatoms. The first-order valence-corrected chi connectivity index (χ1v) is 6.81. The molecule has 0 bridgehead atoms. The average Bonchev–Trinajstić information content (AvgIpc) is 3.22. The topological polar surface area (TPSA) is 41.9 Å². The van der Waals surface area contributed by atoms with E-state index in [0.717, 1.165) is 51.3 Å². The normalized spacial score (nSPS) is 21.7. The second kappa shape index (κ2) is 5.25. The minimum absolute atomic E-state index is 0.251. The van der Waals surface area contributed by atoms with Gasteiger partial charge in [-0.2, -0.15) is 4.99 Å². The van der Waals surface area contributed by atoms with Crippen molar-refractivity contribution in [3.05, 3.63) is 35.4 Å². The third-order valence-corrected chi connectivity index (χ3v) is 3.98. The number of morpholine rings is 1. The van der Waals surface area contributed by atoms with E-state index in [1.165, 1.54) is 5.56 Å². The number of rotatable bonds is 4. The first-order valence-electron chi connectivity index (χ1n) is 6.81. The van der Waals surface area contributed by atoms with Crippen LogP contribution in [-0.2, 0) is 21.6 Å². The van der Waals surface area contributed by atoms with Crippen molar-refractivity contribution in [1.29, 1.82) is 0 Å². The Labute approximate surface area is 113 Å². The second-order valence-corrected chi connectivity index (χ2v) is 5.32. The molecule has 4 nitrogen and oxygen atoms in total. The summed E-state index contributed by atoms with van der Waals surface area (Å²) in [5.41, 5.74) is 2.19. The molecule has 19 heavy (non-hydrogen) atoms. The molecule has 1 saturated carbocycles. The van der Waals surface area contributed by atoms with E-state index in [-0.39, 0.29) is 5.54 Å². The first-order chi connectivity index (χ1) is 9.32. The van der Waals surface area contributed by atoms with Crippen molar-refractivity contribution < 1.29 is 9.53 Å². The van der Waals surface area contributed by atoms with Crippen LogP contribution in [0.2, 0.25) is 0 Å². The van der Waals surface area contributed by atoms with Gasteiger partial charge in [0, 0.05) is 19.6 Å². The van der Waals surface area contributed by atoms with Crippen LogP contribution in [0.15, 0.2) is 29.3 Å². The summed E-state index contributed by atoms with van der Waals surface area (Å²) in [5.74, 6) is 0. The van der Waals surface area contributed by atoms with Crippen LogP contribution in [0.5, 0.6) is 0 Å². The number of hydrogen-bond acceptors (Lipinski definition) is 4. The predicted octanol–water partition coefficient (Wildman–Crippen LogP) is 1.84. The summed E-state index contributed by atoms with van der Waals surface area (Å²) in [6.45, 7) is 4.63. The highest BCUT2D eigenvalue weighted by molar-refractivity contribution is 5.41. The van der Waals surface area contributed by atoms with Gasteiger partial charge >= 0.3 is 0 Å². The molecule has 1 aromatic carbocycles. The quantitative estimate of drug-likeness (QED) is 0.611. The summed E-state index contributed by atoms with van der Waals surface area (Å²) in [6, 6.07) is 8.49. The van der Waals surface area contributed by atoms with E-state index in [4.69, 9.17) is 4.74 Å². The van der Waals surface area contributed by atoms with Gasteiger partial charge in [0.1, 0.15) is 0 Å². The largest absolute Gasteiger partial charge is 0.379 e. The highest BCUT2D eigenvalue weighted by Gasteiger charge is 2.44. The van der Waals surface area contributed by atoms with Crippen molar-refractivity contribution in [2.24, 2.45) is 4.99 Å². The molecule has 2 aliphatic rings. The Morgan fingerprint density at radius 3 is 2.47 bits per heavy atom. The van der Waals surface area contributed by atoms with E-state index in [2.05, 4.69) is 34.2 Å². The maximum atomic E-state index is 10.5. The molecule has 1 aliphatic heterocycles. The molecule has 0 unspecified atom stereocenters. The fourth-order valence-corrected chi connectivity index (χ4v) is 2.61. The molecule has 0 spiro atoms. The van der Waals surface area contributed by atoms with Crippen molar-refractivity contribution in [1.82, 2.24) is 4.90 Å². The van der Waals surface area contributed by atoms with Crippen molar-refractivity contribution >= 4 is 6.08 Å². The Balaban J connectivity index is 1.67. The van der Waals surface area contributed by atoms with Gasteiger partial charge in [0.25, 0.3) is 0 Å². The molecule has 0 radical (unpaired) electrons. The molecular formula is C15H18N2O2. The first kappa shape index (κ1) is 12.5. The number of hydrogen-bond donors (Lipinski definition) is 0. The number of ether oxygens (including phenoxy) is 1. The van der Waals surface area contributed by atoms with Gasteiger partial charge in [0.15, 0.2) is 0 Å². The molecule has 1 aliphatic carbocycles. The number of carbonyl (C=O) groups excluding carboxylic acids is 1. The summed E-state index contributed by atoms with van der Waals surface area (Å²) >= 11 is 0. The van der Waals surface area contributed by atoms with Crippen LogP contribution in [0.3, 0.4) is 0 Å². The lowest BCUT2D eigenvalue weighted by Gasteiger charge is -2.26. The Morgan fingerprint density at radius 1 is 1.21 bits per heavy atom. The summed E-state index contributed by atoms with van der Waals surface area (Å²) in [4.78, 5) is 16.8. The van der Waals surface area contributed by atoms with Gasteiger partial charge in [0.2, 0.25) is 6.08 Å². The monoisotopic (exact) mass is 258 g/mol. The highest BCUT2D eigenvalue weighted by atomic mass is 16.5. The molecule has 100 valence electrons. The lowest BCUT2D eigenvalue weighted by atomic mass is 10.0. The van der Waals surface area contributed by atoms with E-state index >= 15 is 0 Å². The Bertz CT molecular complexity index is 481. The van der Waals surface area contributed by atoms with Gasteiger partial charge in [-0.15, -0.1) is 0 Å². The van der Waals surface area contributed by atoms with Crippen molar-refractivity contribution in [3.8, 4) is 0 Å². The third kappa shape index (κ3) is 2.76. The highest BCUT2D eigenvalue weighted by Crippen LogP contribution is 2.49. The standard InChI is InChI=1S/C15H18N2O2/c18-12-16-15(5-6-15)14-3-1-13(2-4-14)11-17-7-9-19-10-8-17/h1-4H,5-11H2. The molecule has 3 rings (SSSR count). The zero-order valence-electron chi connectivity index (χ0n) is 11.0. The Morgan fingerprint density at radius 2 is 1.89 bits per heavy atom. The van der Waals surface area contributed by atoms with E-state index in [1.807, 2.05) is 0 Å². The van der Waals surface area contributed by atoms with Crippen LogP contribution in [0, 0.1) is 0 Å². The minimum atomic E-state index is -0.251. The van der Waals surface area contributed by atoms with Gasteiger partial charge in [-0.3, -0.25) is 4.90 Å². The summed E-state index contributed by atoms with van der Waals surface area (Å²) in [7, 11) is 0. The van der Waals surface area contributed by atoms with E-state index < -0.39 is 0 Å². The lowest BCUT2D eigenvalue weighted by Crippen LogP contribution is -2.35. The smallest absolute Gasteiger partial charge is 0.235 e. The summed E-state index contributed by atoms with van der Waals surface area (Å²) in [6.07, 6.45) is 3.63. The molecule has 2 fully saturated rings. The summed E-state index contributed by atoms with van der Waals surface area (Å²) < 4.78 is 5.35. The van der Waals surface area contributed by atoms with Gasteiger partial charge in [-0.25, -0.2) is 4.79 Å². The van der Waals surface area contributed by atoms with Crippen molar-refractivity contribution in [3.63, 3.8) is 0 Å². The van der Waals surface area contributed by atoms with Crippen LogP contribution >= 0.6 is 0 Å². The maximum Gasteiger partial charge on any atom is 0.235 e. The molecule has 1 saturated heterocycles. The average molecular weight is 258 g/mol. The van der Waals surface area contributed by atoms with Crippen LogP contribution in [-0.4, -0.2) is 37.3 Å². The second-order valence-electron chi connectivity index (χ2n) is 5.32. The summed E-state index contributed by atoms with van der Waals surface area (Å²) in [5, 5.41) is 0. The number of benzene rings is 1. The van der Waals surface area contributed by atoms with Gasteiger partial charge in [-0.1, -0.05) is 24.3 Å². The maximum absolute atomic E-state index is 10.5. The fraction of sp³-hybridized carbons (Fsp3) is 0.533. The van der Waals surface area contributed by atoms with Crippen LogP contribution in [0.4, 0.5) is 0 Å². The molecule has 0 atom stereocenters. The van der Waals surface area contributed by atoms with Crippen molar-refractivity contribution in [2.45, 2.75) is 24.9 Å². The number of isocyanates is 1. The number of nitrogens with zero attached hydrogens (tertiary/aromatic N) is 2. The SMILES string of the molecule is O=C=NC1(c2ccc(CN3CCOCC3)cc2)CC1. The van der Waals surface area contributed by atoms with Crippen molar-refractivity contribution in [2.75, 3.05) is 26.3 Å². The molecule has 1 heterocycles. The number of aliphatic imine (C=N–C) groups is 1. The zero-order valence-corrected chi connectivity index (χ0v) is 11.0. The molecule has 1 aromatic rings. The van der Waals surface area contributed by atoms with Gasteiger partial charge in [0.05, 0.1) is 18.8 Å². The van der Waals surface area contributed by atoms with Gasteiger partial charge < -0.3 is 4.74 Å². The Hall–Kier alpha value is -1.48. The van der Waals surface area contributed by atoms with Crippen LogP contribution < -0.4 is 0 Å². The van der Waals surface area contributed by atoms with Crippen LogP contribution in [0.1, 0.15) is 24.0 Å². The fourth-order valence-electron chi connectivity index (χ4n) is 2.61. The third-order valence-electron chi connectivity index (χ3n) is 3.98. The van der Waals surface area contributed by atoms with E-state index in [1.54, 1.807) is 6.08 Å². The molecule has 0 aromatic heterocycles. The van der Waals surface area contributed by atoms with E-state index in [0.29, 0.717) is 0 Å². The van der Waals surface area contributed by atoms with Crippen LogP contribution in [0.25, 0.3) is 0 Å². The van der Waals surface area contributed by atoms with E-state index in [9.17, 15) is 4.79 Å². The molecule has 0 N–H and O–H groups in total. The lowest BCUT2D eigenvalue weighted by molar-refractivity contribution is 0.0342. The molecule has 0 amide bonds. The minimum Gasteiger partial charge on any atom is -0.379 e. The Kier molecular flexibility index (Phi) is 3.47. The zero-order chi connectivity index (χ0) is 13.1. The molecular weight excluding hydrogens is 240 g/mol. The predicted molar refractivity (Wildman–Crippen MR) is 71.6 cm³/mol. The van der Waals surface area contributed by atoms with Gasteiger partial charge in [-0.05, 0) is 24.0 Å².